The Morgan fingerprint density at radius 3 is 2.55 bits per heavy atom. The van der Waals surface area contributed by atoms with Crippen LogP contribution in [-0.4, -0.2) is 24.8 Å². The van der Waals surface area contributed by atoms with Gasteiger partial charge in [-0.2, -0.15) is 0 Å². The average Bonchev–Trinajstić information content (AvgIpc) is 2.79. The third-order valence-electron chi connectivity index (χ3n) is 4.76. The number of carboxylic acid groups (broad SMARTS) is 1. The van der Waals surface area contributed by atoms with Gasteiger partial charge >= 0.3 is 5.97 Å². The van der Waals surface area contributed by atoms with E-state index >= 15 is 0 Å². The van der Waals surface area contributed by atoms with Crippen molar-refractivity contribution in [3.05, 3.63) is 80.5 Å². The van der Waals surface area contributed by atoms with Gasteiger partial charge in [0, 0.05) is 16.6 Å². The van der Waals surface area contributed by atoms with E-state index in [1.54, 1.807) is 24.3 Å². The molecule has 0 spiro atoms. The highest BCUT2D eigenvalue weighted by molar-refractivity contribution is 9.10. The minimum atomic E-state index is -1.03. The van der Waals surface area contributed by atoms with Crippen LogP contribution in [0.3, 0.4) is 0 Å². The first-order valence-corrected chi connectivity index (χ1v) is 11.2. The molecule has 0 radical (unpaired) electrons. The Balaban J connectivity index is 1.82. The van der Waals surface area contributed by atoms with Crippen LogP contribution >= 0.6 is 27.5 Å². The van der Waals surface area contributed by atoms with E-state index in [9.17, 15) is 14.3 Å². The molecule has 0 saturated carbocycles. The van der Waals surface area contributed by atoms with Gasteiger partial charge in [-0.1, -0.05) is 33.6 Å². The first-order chi connectivity index (χ1) is 15.8. The second kappa shape index (κ2) is 11.2. The van der Waals surface area contributed by atoms with Crippen molar-refractivity contribution in [2.24, 2.45) is 0 Å². The lowest BCUT2D eigenvalue weighted by Gasteiger charge is -2.17. The zero-order valence-corrected chi connectivity index (χ0v) is 20.3. The minimum Gasteiger partial charge on any atom is -0.495 e. The molecule has 3 aromatic carbocycles. The number of halogens is 3. The number of anilines is 1. The molecule has 0 atom stereocenters. The normalized spacial score (nSPS) is 10.6. The minimum absolute atomic E-state index is 0.0607. The summed E-state index contributed by atoms with van der Waals surface area (Å²) in [5, 5.41) is 12.7. The van der Waals surface area contributed by atoms with Gasteiger partial charge in [0.05, 0.1) is 30.0 Å². The van der Waals surface area contributed by atoms with Crippen molar-refractivity contribution in [2.45, 2.75) is 20.1 Å². The molecule has 3 rings (SSSR count). The Labute approximate surface area is 204 Å². The fraction of sp³-hybridized carbons (Fsp3) is 0.208. The summed E-state index contributed by atoms with van der Waals surface area (Å²) >= 11 is 9.63. The summed E-state index contributed by atoms with van der Waals surface area (Å²) in [5.41, 5.74) is 1.77. The maximum absolute atomic E-state index is 14.1. The van der Waals surface area contributed by atoms with Crippen LogP contribution in [0.25, 0.3) is 0 Å². The lowest BCUT2D eigenvalue weighted by atomic mass is 10.1. The number of rotatable bonds is 10. The summed E-state index contributed by atoms with van der Waals surface area (Å²) in [6.45, 7) is 2.54. The second-order valence-corrected chi connectivity index (χ2v) is 8.15. The molecule has 0 saturated heterocycles. The zero-order valence-electron chi connectivity index (χ0n) is 18.0. The van der Waals surface area contributed by atoms with E-state index in [2.05, 4.69) is 21.2 Å². The number of carbonyl (C=O) groups is 1. The quantitative estimate of drug-likeness (QED) is 0.305. The smallest absolute Gasteiger partial charge is 0.335 e. The Kier molecular flexibility index (Phi) is 8.41. The van der Waals surface area contributed by atoms with Crippen LogP contribution in [0.1, 0.15) is 28.4 Å². The van der Waals surface area contributed by atoms with E-state index < -0.39 is 11.8 Å². The summed E-state index contributed by atoms with van der Waals surface area (Å²) in [4.78, 5) is 11.3. The summed E-state index contributed by atoms with van der Waals surface area (Å²) in [6.07, 6.45) is 0. The molecule has 6 nitrogen and oxygen atoms in total. The van der Waals surface area contributed by atoms with Crippen molar-refractivity contribution in [3.63, 3.8) is 0 Å². The lowest BCUT2D eigenvalue weighted by Crippen LogP contribution is -2.06. The molecule has 3 aromatic rings. The molecule has 0 aromatic heterocycles. The van der Waals surface area contributed by atoms with Crippen LogP contribution in [0.5, 0.6) is 17.2 Å². The van der Waals surface area contributed by atoms with Crippen molar-refractivity contribution in [1.29, 1.82) is 0 Å². The number of hydrogen-bond donors (Lipinski definition) is 2. The topological polar surface area (TPSA) is 77.0 Å². The van der Waals surface area contributed by atoms with E-state index in [1.165, 1.54) is 31.4 Å². The Morgan fingerprint density at radius 1 is 1.12 bits per heavy atom. The molecule has 0 aliphatic heterocycles. The maximum Gasteiger partial charge on any atom is 0.335 e. The molecule has 0 heterocycles. The molecule has 0 fully saturated rings. The van der Waals surface area contributed by atoms with Crippen LogP contribution in [0.15, 0.2) is 53.0 Å². The number of aromatic carboxylic acids is 1. The summed E-state index contributed by atoms with van der Waals surface area (Å²) in [7, 11) is 1.51. The second-order valence-electron chi connectivity index (χ2n) is 6.89. The van der Waals surface area contributed by atoms with Gasteiger partial charge in [0.15, 0.2) is 11.5 Å². The van der Waals surface area contributed by atoms with Crippen LogP contribution in [0.4, 0.5) is 10.1 Å². The first-order valence-electron chi connectivity index (χ1n) is 10.00. The first kappa shape index (κ1) is 24.7. The molecule has 0 aliphatic carbocycles. The van der Waals surface area contributed by atoms with Gasteiger partial charge in [0.25, 0.3) is 0 Å². The number of carboxylic acids is 1. The summed E-state index contributed by atoms with van der Waals surface area (Å²) in [5.74, 6) is -0.0498. The van der Waals surface area contributed by atoms with Crippen LogP contribution in [0, 0.1) is 5.82 Å². The van der Waals surface area contributed by atoms with Gasteiger partial charge in [-0.25, -0.2) is 9.18 Å². The monoisotopic (exact) mass is 537 g/mol. The van der Waals surface area contributed by atoms with E-state index in [1.807, 2.05) is 6.92 Å². The van der Waals surface area contributed by atoms with Crippen molar-refractivity contribution in [3.8, 4) is 17.2 Å². The fourth-order valence-electron chi connectivity index (χ4n) is 3.08. The molecule has 9 heteroatoms. The molecule has 174 valence electrons. The molecule has 0 amide bonds. The van der Waals surface area contributed by atoms with Crippen molar-refractivity contribution in [2.75, 3.05) is 19.0 Å². The average molecular weight is 539 g/mol. The third kappa shape index (κ3) is 6.09. The molecular formula is C24H22BrClFNO5. The predicted molar refractivity (Wildman–Crippen MR) is 128 cm³/mol. The number of nitrogens with one attached hydrogen (secondary N) is 1. The highest BCUT2D eigenvalue weighted by Crippen LogP contribution is 2.36. The van der Waals surface area contributed by atoms with Gasteiger partial charge in [0.1, 0.15) is 18.2 Å². The van der Waals surface area contributed by atoms with Gasteiger partial charge in [-0.05, 0) is 55.0 Å². The Morgan fingerprint density at radius 2 is 1.88 bits per heavy atom. The standard InChI is InChI=1S/C24H22BrClFNO5/c1-3-32-22-10-15(12-28-20-9-14(24(29)30)7-8-21(20)31-2)17(25)11-23(22)33-13-16-18(26)5-4-6-19(16)27/h4-11,28H,3,12-13H2,1-2H3,(H,29,30). The molecule has 0 unspecified atom stereocenters. The summed E-state index contributed by atoms with van der Waals surface area (Å²) < 4.78 is 31.7. The van der Waals surface area contributed by atoms with Crippen molar-refractivity contribution < 1.29 is 28.5 Å². The van der Waals surface area contributed by atoms with Gasteiger partial charge < -0.3 is 24.6 Å². The van der Waals surface area contributed by atoms with Crippen LogP contribution < -0.4 is 19.5 Å². The highest BCUT2D eigenvalue weighted by Gasteiger charge is 2.15. The van der Waals surface area contributed by atoms with E-state index in [0.717, 1.165) is 10.0 Å². The van der Waals surface area contributed by atoms with Gasteiger partial charge in [0.2, 0.25) is 0 Å². The number of methoxy groups -OCH3 is 1. The third-order valence-corrected chi connectivity index (χ3v) is 5.85. The van der Waals surface area contributed by atoms with Gasteiger partial charge in [-0.3, -0.25) is 0 Å². The molecule has 0 bridgehead atoms. The zero-order chi connectivity index (χ0) is 24.0. The van der Waals surface area contributed by atoms with Crippen molar-refractivity contribution >= 4 is 39.2 Å². The Bertz CT molecular complexity index is 1140. The maximum atomic E-state index is 14.1. The predicted octanol–water partition coefficient (Wildman–Crippen LogP) is 6.54. The van der Waals surface area contributed by atoms with E-state index in [-0.39, 0.29) is 22.8 Å². The SMILES string of the molecule is CCOc1cc(CNc2cc(C(=O)O)ccc2OC)c(Br)cc1OCc1c(F)cccc1Cl. The largest absolute Gasteiger partial charge is 0.495 e. The fourth-order valence-corrected chi connectivity index (χ4v) is 3.76. The van der Waals surface area contributed by atoms with Crippen LogP contribution in [0.2, 0.25) is 5.02 Å². The van der Waals surface area contributed by atoms with Crippen molar-refractivity contribution in [1.82, 2.24) is 0 Å². The van der Waals surface area contributed by atoms with E-state index in [4.69, 9.17) is 25.8 Å². The molecule has 0 aliphatic rings. The van der Waals surface area contributed by atoms with E-state index in [0.29, 0.717) is 36.1 Å². The summed E-state index contributed by atoms with van der Waals surface area (Å²) in [6, 6.07) is 12.6. The highest BCUT2D eigenvalue weighted by atomic mass is 79.9. The molecule has 2 N–H and O–H groups in total. The van der Waals surface area contributed by atoms with Gasteiger partial charge in [-0.15, -0.1) is 0 Å². The number of ether oxygens (including phenoxy) is 3. The molecular weight excluding hydrogens is 517 g/mol. The lowest BCUT2D eigenvalue weighted by molar-refractivity contribution is 0.0697. The molecule has 33 heavy (non-hydrogen) atoms. The number of benzene rings is 3. The van der Waals surface area contributed by atoms with Crippen LogP contribution in [-0.2, 0) is 13.2 Å². The number of hydrogen-bond acceptors (Lipinski definition) is 5. The Hall–Kier alpha value is -2.97.